The molecule has 0 saturated heterocycles. The number of hydrogen-bond acceptors (Lipinski definition) is 5. The number of thioether (sulfide) groups is 1. The summed E-state index contributed by atoms with van der Waals surface area (Å²) in [6.45, 7) is 5.14. The molecule has 4 rings (SSSR count). The highest BCUT2D eigenvalue weighted by Gasteiger charge is 2.30. The molecule has 1 aliphatic rings. The van der Waals surface area contributed by atoms with E-state index in [0.717, 1.165) is 40.9 Å². The van der Waals surface area contributed by atoms with E-state index in [2.05, 4.69) is 33.3 Å². The first kappa shape index (κ1) is 22.5. The van der Waals surface area contributed by atoms with E-state index in [4.69, 9.17) is 0 Å². The van der Waals surface area contributed by atoms with Gasteiger partial charge in [-0.15, -0.1) is 10.2 Å². The summed E-state index contributed by atoms with van der Waals surface area (Å²) in [7, 11) is 0. The van der Waals surface area contributed by atoms with Gasteiger partial charge in [-0.3, -0.25) is 4.79 Å². The summed E-state index contributed by atoms with van der Waals surface area (Å²) in [5.41, 5.74) is 3.12. The molecule has 1 aromatic carbocycles. The van der Waals surface area contributed by atoms with Gasteiger partial charge in [0.25, 0.3) is 0 Å². The molecule has 1 fully saturated rings. The number of alkyl halides is 2. The van der Waals surface area contributed by atoms with Crippen LogP contribution >= 0.6 is 11.8 Å². The molecule has 0 aliphatic heterocycles. The first-order valence-electron chi connectivity index (χ1n) is 10.6. The van der Waals surface area contributed by atoms with E-state index < -0.39 is 6.61 Å². The van der Waals surface area contributed by atoms with Gasteiger partial charge < -0.3 is 13.9 Å². The molecule has 3 aromatic rings. The molecule has 0 amide bonds. The Kier molecular flexibility index (Phi) is 6.37. The number of benzene rings is 1. The van der Waals surface area contributed by atoms with Gasteiger partial charge in [0.2, 0.25) is 0 Å². The van der Waals surface area contributed by atoms with Crippen LogP contribution in [-0.2, 0) is 0 Å². The van der Waals surface area contributed by atoms with Gasteiger partial charge in [0, 0.05) is 34.6 Å². The second kappa shape index (κ2) is 9.05. The number of carbonyl (C=O) groups is 1. The Bertz CT molecular complexity index is 1120. The van der Waals surface area contributed by atoms with Crippen molar-refractivity contribution in [2.75, 3.05) is 5.75 Å². The fourth-order valence-electron chi connectivity index (χ4n) is 3.88. The lowest BCUT2D eigenvalue weighted by atomic mass is 10.2. The van der Waals surface area contributed by atoms with E-state index in [9.17, 15) is 13.6 Å². The molecule has 0 spiro atoms. The lowest BCUT2D eigenvalue weighted by molar-refractivity contribution is -0.0498. The van der Waals surface area contributed by atoms with Crippen molar-refractivity contribution in [1.82, 2.24) is 19.3 Å². The standard InChI is InChI=1S/C23H26F2N4O2S/c1-13(2)21-26-27-23(29(21)17-5-6-17)32-12-20(30)19-11-14(3)28(15(19)4)16-7-9-18(10-8-16)31-22(24)25/h7-11,13,17,22H,5-6,12H2,1-4H3. The summed E-state index contributed by atoms with van der Waals surface area (Å²) in [5.74, 6) is 1.64. The van der Waals surface area contributed by atoms with Gasteiger partial charge in [0.05, 0.1) is 5.75 Å². The number of aromatic nitrogens is 4. The van der Waals surface area contributed by atoms with Gasteiger partial charge in [-0.1, -0.05) is 25.6 Å². The number of halogens is 2. The number of nitrogens with zero attached hydrogens (tertiary/aromatic N) is 4. The second-order valence-corrected chi connectivity index (χ2v) is 9.24. The van der Waals surface area contributed by atoms with Crippen molar-refractivity contribution in [1.29, 1.82) is 0 Å². The molecule has 0 atom stereocenters. The Balaban J connectivity index is 1.51. The number of hydrogen-bond donors (Lipinski definition) is 0. The maximum absolute atomic E-state index is 13.1. The molecular weight excluding hydrogens is 434 g/mol. The molecule has 170 valence electrons. The van der Waals surface area contributed by atoms with Crippen LogP contribution in [0.15, 0.2) is 35.5 Å². The van der Waals surface area contributed by atoms with Crippen LogP contribution in [-0.4, -0.2) is 37.5 Å². The minimum absolute atomic E-state index is 0.0171. The number of aryl methyl sites for hydroxylation is 1. The van der Waals surface area contributed by atoms with Gasteiger partial charge >= 0.3 is 6.61 Å². The fraction of sp³-hybridized carbons (Fsp3) is 0.435. The van der Waals surface area contributed by atoms with Gasteiger partial charge in [-0.2, -0.15) is 8.78 Å². The zero-order valence-corrected chi connectivity index (χ0v) is 19.3. The normalized spacial score (nSPS) is 13.9. The van der Waals surface area contributed by atoms with Crippen LogP contribution in [0.2, 0.25) is 0 Å². The SMILES string of the molecule is Cc1cc(C(=O)CSc2nnc(C(C)C)n2C2CC2)c(C)n1-c1ccc(OC(F)F)cc1. The maximum Gasteiger partial charge on any atom is 0.387 e. The largest absolute Gasteiger partial charge is 0.435 e. The van der Waals surface area contributed by atoms with Crippen molar-refractivity contribution >= 4 is 17.5 Å². The Morgan fingerprint density at radius 2 is 1.88 bits per heavy atom. The molecule has 2 aromatic heterocycles. The van der Waals surface area contributed by atoms with Gasteiger partial charge in [0.1, 0.15) is 11.6 Å². The molecule has 2 heterocycles. The number of rotatable bonds is 9. The molecule has 32 heavy (non-hydrogen) atoms. The summed E-state index contributed by atoms with van der Waals surface area (Å²) >= 11 is 1.43. The topological polar surface area (TPSA) is 61.9 Å². The summed E-state index contributed by atoms with van der Waals surface area (Å²) in [4.78, 5) is 13.1. The van der Waals surface area contributed by atoms with Gasteiger partial charge in [0.15, 0.2) is 10.9 Å². The summed E-state index contributed by atoms with van der Waals surface area (Å²) in [5, 5.41) is 9.49. The molecule has 0 N–H and O–H groups in total. The number of ketones is 1. The lowest BCUT2D eigenvalue weighted by Gasteiger charge is -2.12. The average molecular weight is 461 g/mol. The van der Waals surface area contributed by atoms with Crippen LogP contribution < -0.4 is 4.74 Å². The maximum atomic E-state index is 13.1. The number of ether oxygens (including phenoxy) is 1. The third-order valence-electron chi connectivity index (χ3n) is 5.50. The smallest absolute Gasteiger partial charge is 0.387 e. The van der Waals surface area contributed by atoms with Crippen molar-refractivity contribution in [3.8, 4) is 11.4 Å². The van der Waals surface area contributed by atoms with Crippen LogP contribution in [0.5, 0.6) is 5.75 Å². The predicted octanol–water partition coefficient (Wildman–Crippen LogP) is 5.72. The zero-order chi connectivity index (χ0) is 23.0. The molecule has 9 heteroatoms. The van der Waals surface area contributed by atoms with Crippen LogP contribution in [0, 0.1) is 13.8 Å². The van der Waals surface area contributed by atoms with Crippen molar-refractivity contribution < 1.29 is 18.3 Å². The Labute approximate surface area is 190 Å². The van der Waals surface area contributed by atoms with E-state index >= 15 is 0 Å². The van der Waals surface area contributed by atoms with Crippen LogP contribution in [0.4, 0.5) is 8.78 Å². The first-order valence-corrected chi connectivity index (χ1v) is 11.6. The third-order valence-corrected chi connectivity index (χ3v) is 6.45. The molecule has 0 unspecified atom stereocenters. The van der Waals surface area contributed by atoms with E-state index in [1.54, 1.807) is 12.1 Å². The average Bonchev–Trinajstić information content (AvgIpc) is 3.41. The lowest BCUT2D eigenvalue weighted by Crippen LogP contribution is -2.08. The zero-order valence-electron chi connectivity index (χ0n) is 18.5. The second-order valence-electron chi connectivity index (χ2n) is 8.30. The van der Waals surface area contributed by atoms with Crippen LogP contribution in [0.3, 0.4) is 0 Å². The Morgan fingerprint density at radius 1 is 1.19 bits per heavy atom. The molecular formula is C23H26F2N4O2S. The molecule has 1 aliphatic carbocycles. The fourth-order valence-corrected chi connectivity index (χ4v) is 4.78. The van der Waals surface area contributed by atoms with E-state index in [1.807, 2.05) is 24.5 Å². The van der Waals surface area contributed by atoms with Crippen molar-refractivity contribution in [3.05, 3.63) is 53.1 Å². The number of Topliss-reactive ketones (excluding diaryl/α,β-unsaturated/α-hetero) is 1. The summed E-state index contributed by atoms with van der Waals surface area (Å²) in [6.07, 6.45) is 2.25. The number of carbonyl (C=O) groups excluding carboxylic acids is 1. The Morgan fingerprint density at radius 3 is 2.47 bits per heavy atom. The molecule has 0 radical (unpaired) electrons. The minimum atomic E-state index is -2.86. The van der Waals surface area contributed by atoms with Crippen LogP contribution in [0.1, 0.15) is 66.2 Å². The third kappa shape index (κ3) is 4.57. The quantitative estimate of drug-likeness (QED) is 0.302. The predicted molar refractivity (Wildman–Crippen MR) is 119 cm³/mol. The highest BCUT2D eigenvalue weighted by atomic mass is 32.2. The van der Waals surface area contributed by atoms with Gasteiger partial charge in [-0.05, 0) is 57.0 Å². The van der Waals surface area contributed by atoms with Crippen molar-refractivity contribution in [2.45, 2.75) is 64.3 Å². The highest BCUT2D eigenvalue weighted by molar-refractivity contribution is 7.99. The minimum Gasteiger partial charge on any atom is -0.435 e. The van der Waals surface area contributed by atoms with E-state index in [1.165, 1.54) is 23.9 Å². The van der Waals surface area contributed by atoms with Crippen LogP contribution in [0.25, 0.3) is 5.69 Å². The highest BCUT2D eigenvalue weighted by Crippen LogP contribution is 2.40. The Hall–Kier alpha value is -2.68. The van der Waals surface area contributed by atoms with E-state index in [0.29, 0.717) is 11.6 Å². The van der Waals surface area contributed by atoms with Crippen molar-refractivity contribution in [3.63, 3.8) is 0 Å². The monoisotopic (exact) mass is 460 g/mol. The van der Waals surface area contributed by atoms with E-state index in [-0.39, 0.29) is 23.2 Å². The molecule has 6 nitrogen and oxygen atoms in total. The van der Waals surface area contributed by atoms with Crippen molar-refractivity contribution in [2.24, 2.45) is 0 Å². The molecule has 0 bridgehead atoms. The first-order chi connectivity index (χ1) is 15.3. The summed E-state index contributed by atoms with van der Waals surface area (Å²) < 4.78 is 33.3. The molecule has 1 saturated carbocycles. The summed E-state index contributed by atoms with van der Waals surface area (Å²) in [6, 6.07) is 8.71. The van der Waals surface area contributed by atoms with Gasteiger partial charge in [-0.25, -0.2) is 0 Å².